The van der Waals surface area contributed by atoms with Crippen molar-refractivity contribution in [1.29, 1.82) is 5.26 Å². The summed E-state index contributed by atoms with van der Waals surface area (Å²) in [7, 11) is 0. The Bertz CT molecular complexity index is 162. The van der Waals surface area contributed by atoms with E-state index in [1.54, 1.807) is 0 Å². The highest BCUT2D eigenvalue weighted by molar-refractivity contribution is 5.11. The number of unbranched alkanes of at least 4 members (excludes halogenated alkanes) is 1. The molecule has 0 aliphatic carbocycles. The first kappa shape index (κ1) is 10.2. The van der Waals surface area contributed by atoms with Crippen LogP contribution in [-0.4, -0.2) is 0 Å². The molecule has 0 fully saturated rings. The summed E-state index contributed by atoms with van der Waals surface area (Å²) in [5.41, 5.74) is 1.23. The van der Waals surface area contributed by atoms with Crippen molar-refractivity contribution in [1.82, 2.24) is 0 Å². The van der Waals surface area contributed by atoms with Crippen LogP contribution in [0.1, 0.15) is 40.0 Å². The minimum Gasteiger partial charge on any atom is -0.198 e. The minimum atomic E-state index is 0.140. The van der Waals surface area contributed by atoms with Gasteiger partial charge in [-0.2, -0.15) is 5.26 Å². The lowest BCUT2D eigenvalue weighted by Gasteiger charge is -2.04. The van der Waals surface area contributed by atoms with Gasteiger partial charge < -0.3 is 0 Å². The largest absolute Gasteiger partial charge is 0.198 e. The number of rotatable bonds is 4. The van der Waals surface area contributed by atoms with E-state index in [1.165, 1.54) is 12.0 Å². The summed E-state index contributed by atoms with van der Waals surface area (Å²) < 4.78 is 0. The highest BCUT2D eigenvalue weighted by Crippen LogP contribution is 2.13. The van der Waals surface area contributed by atoms with E-state index in [9.17, 15) is 0 Å². The van der Waals surface area contributed by atoms with Crippen LogP contribution < -0.4 is 0 Å². The van der Waals surface area contributed by atoms with Crippen molar-refractivity contribution >= 4 is 0 Å². The maximum Gasteiger partial charge on any atom is 0.0700 e. The molecule has 0 radical (unpaired) electrons. The fourth-order valence-corrected chi connectivity index (χ4v) is 1.03. The Morgan fingerprint density at radius 3 is 2.55 bits per heavy atom. The van der Waals surface area contributed by atoms with Crippen molar-refractivity contribution in [2.24, 2.45) is 5.92 Å². The lowest BCUT2D eigenvalue weighted by molar-refractivity contribution is 0.732. The van der Waals surface area contributed by atoms with Crippen molar-refractivity contribution in [2.45, 2.75) is 40.0 Å². The Kier molecular flexibility index (Phi) is 5.56. The van der Waals surface area contributed by atoms with Crippen LogP contribution >= 0.6 is 0 Å². The Hall–Kier alpha value is -0.770. The van der Waals surface area contributed by atoms with Gasteiger partial charge in [-0.15, -0.1) is 0 Å². The monoisotopic (exact) mass is 151 g/mol. The van der Waals surface area contributed by atoms with Crippen molar-refractivity contribution in [3.63, 3.8) is 0 Å². The van der Waals surface area contributed by atoms with E-state index < -0.39 is 0 Å². The molecule has 0 aromatic heterocycles. The topological polar surface area (TPSA) is 23.8 Å². The SMILES string of the molecule is CCC/C=C(/C)[C@@H](C#N)CC. The van der Waals surface area contributed by atoms with Gasteiger partial charge in [-0.05, 0) is 19.8 Å². The molecule has 0 aliphatic rings. The van der Waals surface area contributed by atoms with E-state index in [1.807, 2.05) is 6.92 Å². The molecule has 0 amide bonds. The third-order valence-corrected chi connectivity index (χ3v) is 1.87. The van der Waals surface area contributed by atoms with Gasteiger partial charge in [0.05, 0.1) is 12.0 Å². The first-order chi connectivity index (χ1) is 5.26. The van der Waals surface area contributed by atoms with Crippen LogP contribution in [0.4, 0.5) is 0 Å². The fraction of sp³-hybridized carbons (Fsp3) is 0.700. The second-order valence-electron chi connectivity index (χ2n) is 2.83. The van der Waals surface area contributed by atoms with Crippen LogP contribution in [0, 0.1) is 17.2 Å². The average Bonchev–Trinajstić information content (AvgIpc) is 2.03. The molecule has 1 atom stereocenters. The molecule has 0 N–H and O–H groups in total. The zero-order valence-corrected chi connectivity index (χ0v) is 7.72. The number of nitrogens with zero attached hydrogens (tertiary/aromatic N) is 1. The maximum absolute atomic E-state index is 8.70. The van der Waals surface area contributed by atoms with Gasteiger partial charge in [0.1, 0.15) is 0 Å². The molecule has 0 aliphatic heterocycles. The van der Waals surface area contributed by atoms with E-state index >= 15 is 0 Å². The van der Waals surface area contributed by atoms with Gasteiger partial charge >= 0.3 is 0 Å². The molecule has 1 heteroatoms. The molecule has 0 bridgehead atoms. The number of allylic oxidation sites excluding steroid dienone is 2. The Morgan fingerprint density at radius 2 is 2.18 bits per heavy atom. The molecule has 0 rings (SSSR count). The van der Waals surface area contributed by atoms with E-state index in [4.69, 9.17) is 5.26 Å². The Morgan fingerprint density at radius 1 is 1.55 bits per heavy atom. The van der Waals surface area contributed by atoms with Crippen LogP contribution in [0.15, 0.2) is 11.6 Å². The van der Waals surface area contributed by atoms with E-state index in [0.29, 0.717) is 0 Å². The number of hydrogen-bond acceptors (Lipinski definition) is 1. The number of nitriles is 1. The predicted octanol–water partition coefficient (Wildman–Crippen LogP) is 3.28. The number of hydrogen-bond donors (Lipinski definition) is 0. The smallest absolute Gasteiger partial charge is 0.0700 e. The molecule has 0 aromatic rings. The van der Waals surface area contributed by atoms with E-state index in [0.717, 1.165) is 12.8 Å². The Labute approximate surface area is 69.7 Å². The molecule has 0 spiro atoms. The van der Waals surface area contributed by atoms with Gasteiger partial charge in [-0.3, -0.25) is 0 Å². The average molecular weight is 151 g/mol. The van der Waals surface area contributed by atoms with E-state index in [2.05, 4.69) is 26.0 Å². The molecule has 62 valence electrons. The minimum absolute atomic E-state index is 0.140. The summed E-state index contributed by atoms with van der Waals surface area (Å²) >= 11 is 0. The summed E-state index contributed by atoms with van der Waals surface area (Å²) in [5, 5.41) is 8.70. The van der Waals surface area contributed by atoms with Crippen molar-refractivity contribution in [2.75, 3.05) is 0 Å². The first-order valence-electron chi connectivity index (χ1n) is 4.32. The molecule has 0 unspecified atom stereocenters. The second-order valence-corrected chi connectivity index (χ2v) is 2.83. The molecule has 1 nitrogen and oxygen atoms in total. The van der Waals surface area contributed by atoms with Crippen molar-refractivity contribution < 1.29 is 0 Å². The van der Waals surface area contributed by atoms with Crippen LogP contribution in [0.2, 0.25) is 0 Å². The third-order valence-electron chi connectivity index (χ3n) is 1.87. The highest BCUT2D eigenvalue weighted by Gasteiger charge is 2.04. The van der Waals surface area contributed by atoms with Crippen molar-refractivity contribution in [3.05, 3.63) is 11.6 Å². The van der Waals surface area contributed by atoms with Gasteiger partial charge in [0, 0.05) is 0 Å². The van der Waals surface area contributed by atoms with Crippen LogP contribution in [0.5, 0.6) is 0 Å². The molecule has 0 saturated heterocycles. The quantitative estimate of drug-likeness (QED) is 0.566. The highest BCUT2D eigenvalue weighted by atomic mass is 14.3. The first-order valence-corrected chi connectivity index (χ1v) is 4.32. The van der Waals surface area contributed by atoms with Crippen LogP contribution in [-0.2, 0) is 0 Å². The standard InChI is InChI=1S/C10H17N/c1-4-6-7-9(3)10(5-2)8-11/h7,10H,4-6H2,1-3H3/b9-7-/t10-/m1/s1. The summed E-state index contributed by atoms with van der Waals surface area (Å²) in [6.45, 7) is 6.25. The lowest BCUT2D eigenvalue weighted by atomic mass is 9.98. The van der Waals surface area contributed by atoms with E-state index in [-0.39, 0.29) is 5.92 Å². The van der Waals surface area contributed by atoms with Gasteiger partial charge in [-0.25, -0.2) is 0 Å². The van der Waals surface area contributed by atoms with Gasteiger partial charge in [0.15, 0.2) is 0 Å². The molecule has 0 heterocycles. The summed E-state index contributed by atoms with van der Waals surface area (Å²) in [6, 6.07) is 2.29. The molecule has 0 saturated carbocycles. The second kappa shape index (κ2) is 5.97. The molecule has 0 aromatic carbocycles. The van der Waals surface area contributed by atoms with Crippen molar-refractivity contribution in [3.8, 4) is 6.07 Å². The predicted molar refractivity (Wildman–Crippen MR) is 48.1 cm³/mol. The maximum atomic E-state index is 8.70. The summed E-state index contributed by atoms with van der Waals surface area (Å²) in [4.78, 5) is 0. The molecular weight excluding hydrogens is 134 g/mol. The van der Waals surface area contributed by atoms with Crippen LogP contribution in [0.3, 0.4) is 0 Å². The third kappa shape index (κ3) is 3.83. The van der Waals surface area contributed by atoms with Gasteiger partial charge in [-0.1, -0.05) is 31.9 Å². The molecule has 11 heavy (non-hydrogen) atoms. The Balaban J connectivity index is 3.99. The summed E-state index contributed by atoms with van der Waals surface area (Å²) in [5.74, 6) is 0.140. The zero-order chi connectivity index (χ0) is 8.69. The molecular formula is C10H17N. The van der Waals surface area contributed by atoms with Gasteiger partial charge in [0.25, 0.3) is 0 Å². The van der Waals surface area contributed by atoms with Gasteiger partial charge in [0.2, 0.25) is 0 Å². The lowest BCUT2D eigenvalue weighted by Crippen LogP contribution is -1.95. The normalized spacial score (nSPS) is 14.2. The fourth-order valence-electron chi connectivity index (χ4n) is 1.03. The zero-order valence-electron chi connectivity index (χ0n) is 7.72. The summed E-state index contributed by atoms with van der Waals surface area (Å²) in [6.07, 6.45) is 5.38. The van der Waals surface area contributed by atoms with Crippen LogP contribution in [0.25, 0.3) is 0 Å².